The van der Waals surface area contributed by atoms with E-state index in [2.05, 4.69) is 4.98 Å². The number of hydrogen-bond donors (Lipinski definition) is 1. The second-order valence-electron chi connectivity index (χ2n) is 4.34. The quantitative estimate of drug-likeness (QED) is 0.805. The summed E-state index contributed by atoms with van der Waals surface area (Å²) in [7, 11) is 0. The minimum atomic E-state index is 0.254. The lowest BCUT2D eigenvalue weighted by Crippen LogP contribution is -2.33. The minimum absolute atomic E-state index is 0.254. The number of pyridine rings is 1. The van der Waals surface area contributed by atoms with Crippen LogP contribution in [0.5, 0.6) is 5.88 Å². The van der Waals surface area contributed by atoms with Gasteiger partial charge in [0, 0.05) is 18.3 Å². The van der Waals surface area contributed by atoms with Gasteiger partial charge in [-0.15, -0.1) is 0 Å². The first kappa shape index (κ1) is 10.4. The molecule has 0 radical (unpaired) electrons. The maximum absolute atomic E-state index is 5.90. The van der Waals surface area contributed by atoms with Gasteiger partial charge in [0.25, 0.3) is 0 Å². The van der Waals surface area contributed by atoms with Crippen LogP contribution in [0, 0.1) is 6.92 Å². The molecule has 1 aliphatic rings. The second-order valence-corrected chi connectivity index (χ2v) is 4.34. The molecule has 2 atom stereocenters. The molecule has 82 valence electrons. The van der Waals surface area contributed by atoms with Crippen molar-refractivity contribution >= 4 is 0 Å². The van der Waals surface area contributed by atoms with Crippen LogP contribution in [0.4, 0.5) is 0 Å². The third-order valence-corrected chi connectivity index (χ3v) is 2.84. The molecule has 0 bridgehead atoms. The summed E-state index contributed by atoms with van der Waals surface area (Å²) in [5.74, 6) is 0.722. The molecule has 3 heteroatoms. The van der Waals surface area contributed by atoms with Crippen molar-refractivity contribution in [3.8, 4) is 5.88 Å². The Hall–Kier alpha value is -1.09. The van der Waals surface area contributed by atoms with Gasteiger partial charge in [-0.2, -0.15) is 0 Å². The minimum Gasteiger partial charge on any atom is -0.474 e. The molecular weight excluding hydrogens is 188 g/mol. The molecule has 1 aliphatic carbocycles. The monoisotopic (exact) mass is 206 g/mol. The number of aromatic nitrogens is 1. The average Bonchev–Trinajstić information content (AvgIpc) is 2.22. The van der Waals surface area contributed by atoms with Gasteiger partial charge in [-0.3, -0.25) is 0 Å². The Labute approximate surface area is 90.7 Å². The zero-order chi connectivity index (χ0) is 10.7. The molecule has 15 heavy (non-hydrogen) atoms. The molecule has 0 spiro atoms. The highest BCUT2D eigenvalue weighted by molar-refractivity contribution is 5.16. The fraction of sp³-hybridized carbons (Fsp3) is 0.583. The van der Waals surface area contributed by atoms with E-state index < -0.39 is 0 Å². The van der Waals surface area contributed by atoms with Crippen LogP contribution in [-0.4, -0.2) is 17.1 Å². The molecule has 1 aromatic heterocycles. The summed E-state index contributed by atoms with van der Waals surface area (Å²) in [6.07, 6.45) is 6.43. The highest BCUT2D eigenvalue weighted by Gasteiger charge is 2.20. The maximum Gasteiger partial charge on any atom is 0.213 e. The summed E-state index contributed by atoms with van der Waals surface area (Å²) in [5, 5.41) is 0. The Bertz CT molecular complexity index is 310. The van der Waals surface area contributed by atoms with Gasteiger partial charge in [-0.1, -0.05) is 6.07 Å². The molecule has 0 saturated heterocycles. The third-order valence-electron chi connectivity index (χ3n) is 2.84. The Morgan fingerprint density at radius 3 is 2.93 bits per heavy atom. The van der Waals surface area contributed by atoms with E-state index in [0.717, 1.165) is 37.1 Å². The first-order valence-corrected chi connectivity index (χ1v) is 5.59. The van der Waals surface area contributed by atoms with Crippen LogP contribution in [-0.2, 0) is 0 Å². The average molecular weight is 206 g/mol. The van der Waals surface area contributed by atoms with Crippen LogP contribution in [0.2, 0.25) is 0 Å². The molecule has 0 aromatic carbocycles. The van der Waals surface area contributed by atoms with Gasteiger partial charge in [0.2, 0.25) is 5.88 Å². The normalized spacial score (nSPS) is 26.3. The van der Waals surface area contributed by atoms with Crippen LogP contribution in [0.15, 0.2) is 18.3 Å². The van der Waals surface area contributed by atoms with Gasteiger partial charge in [-0.25, -0.2) is 4.98 Å². The SMILES string of the molecule is Cc1ccc(OC2CCCC(N)C2)nc1. The highest BCUT2D eigenvalue weighted by Crippen LogP contribution is 2.21. The van der Waals surface area contributed by atoms with Crippen molar-refractivity contribution in [2.75, 3.05) is 0 Å². The largest absolute Gasteiger partial charge is 0.474 e. The Balaban J connectivity index is 1.93. The van der Waals surface area contributed by atoms with E-state index in [9.17, 15) is 0 Å². The summed E-state index contributed by atoms with van der Waals surface area (Å²) in [6, 6.07) is 4.25. The zero-order valence-corrected chi connectivity index (χ0v) is 9.15. The fourth-order valence-electron chi connectivity index (χ4n) is 1.98. The molecule has 1 fully saturated rings. The van der Waals surface area contributed by atoms with Crippen molar-refractivity contribution in [1.82, 2.24) is 4.98 Å². The molecule has 1 heterocycles. The Morgan fingerprint density at radius 2 is 2.27 bits per heavy atom. The number of rotatable bonds is 2. The topological polar surface area (TPSA) is 48.1 Å². The van der Waals surface area contributed by atoms with Gasteiger partial charge in [0.05, 0.1) is 0 Å². The predicted molar refractivity (Wildman–Crippen MR) is 59.8 cm³/mol. The summed E-state index contributed by atoms with van der Waals surface area (Å²) < 4.78 is 5.79. The summed E-state index contributed by atoms with van der Waals surface area (Å²) in [5.41, 5.74) is 7.06. The molecule has 1 aromatic rings. The summed E-state index contributed by atoms with van der Waals surface area (Å²) in [4.78, 5) is 4.23. The van der Waals surface area contributed by atoms with Crippen LogP contribution >= 0.6 is 0 Å². The van der Waals surface area contributed by atoms with E-state index >= 15 is 0 Å². The predicted octanol–water partition coefficient (Wildman–Crippen LogP) is 2.04. The van der Waals surface area contributed by atoms with E-state index in [0.29, 0.717) is 6.04 Å². The number of nitrogens with two attached hydrogens (primary N) is 1. The van der Waals surface area contributed by atoms with Gasteiger partial charge < -0.3 is 10.5 Å². The lowest BCUT2D eigenvalue weighted by atomic mass is 9.94. The van der Waals surface area contributed by atoms with Crippen LogP contribution < -0.4 is 10.5 Å². The smallest absolute Gasteiger partial charge is 0.213 e. The van der Waals surface area contributed by atoms with Crippen molar-refractivity contribution in [2.45, 2.75) is 44.8 Å². The molecular formula is C12H18N2O. The molecule has 0 amide bonds. The first-order valence-electron chi connectivity index (χ1n) is 5.59. The van der Waals surface area contributed by atoms with E-state index in [1.807, 2.05) is 25.3 Å². The van der Waals surface area contributed by atoms with E-state index in [4.69, 9.17) is 10.5 Å². The number of hydrogen-bond acceptors (Lipinski definition) is 3. The first-order chi connectivity index (χ1) is 7.24. The number of ether oxygens (including phenoxy) is 1. The Kier molecular flexibility index (Phi) is 3.21. The Morgan fingerprint density at radius 1 is 1.40 bits per heavy atom. The van der Waals surface area contributed by atoms with Crippen LogP contribution in [0.25, 0.3) is 0 Å². The van der Waals surface area contributed by atoms with E-state index in [1.165, 1.54) is 0 Å². The molecule has 2 unspecified atom stereocenters. The molecule has 0 aliphatic heterocycles. The van der Waals surface area contributed by atoms with Crippen molar-refractivity contribution < 1.29 is 4.74 Å². The molecule has 3 nitrogen and oxygen atoms in total. The van der Waals surface area contributed by atoms with Crippen LogP contribution in [0.3, 0.4) is 0 Å². The lowest BCUT2D eigenvalue weighted by Gasteiger charge is -2.26. The van der Waals surface area contributed by atoms with E-state index in [1.54, 1.807) is 0 Å². The van der Waals surface area contributed by atoms with Crippen molar-refractivity contribution in [3.63, 3.8) is 0 Å². The highest BCUT2D eigenvalue weighted by atomic mass is 16.5. The van der Waals surface area contributed by atoms with Crippen molar-refractivity contribution in [3.05, 3.63) is 23.9 Å². The van der Waals surface area contributed by atoms with Crippen LogP contribution in [0.1, 0.15) is 31.2 Å². The fourth-order valence-corrected chi connectivity index (χ4v) is 1.98. The van der Waals surface area contributed by atoms with Gasteiger partial charge in [0.15, 0.2) is 0 Å². The number of aryl methyl sites for hydroxylation is 1. The summed E-state index contributed by atoms with van der Waals surface area (Å²) >= 11 is 0. The van der Waals surface area contributed by atoms with E-state index in [-0.39, 0.29) is 6.10 Å². The van der Waals surface area contributed by atoms with Crippen molar-refractivity contribution in [1.29, 1.82) is 0 Å². The second kappa shape index (κ2) is 4.62. The lowest BCUT2D eigenvalue weighted by molar-refractivity contribution is 0.138. The zero-order valence-electron chi connectivity index (χ0n) is 9.15. The number of nitrogens with zero attached hydrogens (tertiary/aromatic N) is 1. The van der Waals surface area contributed by atoms with Gasteiger partial charge in [0.1, 0.15) is 6.10 Å². The standard InChI is InChI=1S/C12H18N2O/c1-9-5-6-12(14-8-9)15-11-4-2-3-10(13)7-11/h5-6,8,10-11H,2-4,7,13H2,1H3. The maximum atomic E-state index is 5.90. The molecule has 1 saturated carbocycles. The third kappa shape index (κ3) is 2.93. The molecule has 2 N–H and O–H groups in total. The van der Waals surface area contributed by atoms with Gasteiger partial charge >= 0.3 is 0 Å². The molecule has 2 rings (SSSR count). The summed E-state index contributed by atoms with van der Waals surface area (Å²) in [6.45, 7) is 2.02. The van der Waals surface area contributed by atoms with Gasteiger partial charge in [-0.05, 0) is 38.2 Å². The van der Waals surface area contributed by atoms with Crippen molar-refractivity contribution in [2.24, 2.45) is 5.73 Å².